The number of nitrogens with zero attached hydrogens (tertiary/aromatic N) is 2. The SMILES string of the molecule is COc1cccnc1N1CCC(Br)C1. The summed E-state index contributed by atoms with van der Waals surface area (Å²) in [7, 11) is 1.68. The van der Waals surface area contributed by atoms with Gasteiger partial charge in [-0.15, -0.1) is 0 Å². The molecule has 0 bridgehead atoms. The Kier molecular flexibility index (Phi) is 2.91. The fourth-order valence-corrected chi connectivity index (χ4v) is 2.24. The molecule has 0 spiro atoms. The van der Waals surface area contributed by atoms with Crippen molar-refractivity contribution in [2.45, 2.75) is 11.2 Å². The molecule has 1 aromatic rings. The zero-order valence-electron chi connectivity index (χ0n) is 8.11. The van der Waals surface area contributed by atoms with Crippen molar-refractivity contribution in [2.24, 2.45) is 0 Å². The number of rotatable bonds is 2. The fraction of sp³-hybridized carbons (Fsp3) is 0.500. The highest BCUT2D eigenvalue weighted by atomic mass is 79.9. The van der Waals surface area contributed by atoms with Crippen LogP contribution in [0, 0.1) is 0 Å². The second kappa shape index (κ2) is 4.17. The minimum atomic E-state index is 0.578. The molecule has 0 saturated carbocycles. The first-order chi connectivity index (χ1) is 6.81. The van der Waals surface area contributed by atoms with Gasteiger partial charge in [0.15, 0.2) is 11.6 Å². The Balaban J connectivity index is 2.22. The van der Waals surface area contributed by atoms with E-state index in [1.165, 1.54) is 6.42 Å². The Labute approximate surface area is 92.2 Å². The van der Waals surface area contributed by atoms with Crippen molar-refractivity contribution in [1.29, 1.82) is 0 Å². The van der Waals surface area contributed by atoms with Gasteiger partial charge in [-0.2, -0.15) is 0 Å². The summed E-state index contributed by atoms with van der Waals surface area (Å²) in [6.45, 7) is 2.05. The first-order valence-electron chi connectivity index (χ1n) is 4.69. The molecule has 1 aromatic heterocycles. The highest BCUT2D eigenvalue weighted by molar-refractivity contribution is 9.09. The van der Waals surface area contributed by atoms with E-state index in [9.17, 15) is 0 Å². The van der Waals surface area contributed by atoms with Crippen LogP contribution in [0.2, 0.25) is 0 Å². The van der Waals surface area contributed by atoms with Crippen LogP contribution in [0.3, 0.4) is 0 Å². The van der Waals surface area contributed by atoms with Crippen LogP contribution in [-0.2, 0) is 0 Å². The Bertz CT molecular complexity index is 319. The van der Waals surface area contributed by atoms with Crippen LogP contribution in [0.4, 0.5) is 5.82 Å². The van der Waals surface area contributed by atoms with E-state index in [1.54, 1.807) is 13.3 Å². The molecule has 0 aliphatic carbocycles. The Morgan fingerprint density at radius 1 is 1.64 bits per heavy atom. The molecule has 1 atom stereocenters. The Morgan fingerprint density at radius 3 is 3.14 bits per heavy atom. The van der Waals surface area contributed by atoms with Crippen LogP contribution in [-0.4, -0.2) is 30.0 Å². The van der Waals surface area contributed by atoms with Gasteiger partial charge in [-0.3, -0.25) is 0 Å². The van der Waals surface area contributed by atoms with E-state index in [0.717, 1.165) is 24.7 Å². The van der Waals surface area contributed by atoms with Gasteiger partial charge < -0.3 is 9.64 Å². The minimum Gasteiger partial charge on any atom is -0.493 e. The normalized spacial score (nSPS) is 21.3. The van der Waals surface area contributed by atoms with Gasteiger partial charge in [-0.1, -0.05) is 15.9 Å². The Morgan fingerprint density at radius 2 is 2.50 bits per heavy atom. The van der Waals surface area contributed by atoms with E-state index in [1.807, 2.05) is 12.1 Å². The number of aromatic nitrogens is 1. The average molecular weight is 257 g/mol. The molecule has 2 rings (SSSR count). The second-order valence-electron chi connectivity index (χ2n) is 3.36. The number of halogens is 1. The van der Waals surface area contributed by atoms with Crippen molar-refractivity contribution in [3.05, 3.63) is 18.3 Å². The lowest BCUT2D eigenvalue weighted by molar-refractivity contribution is 0.413. The van der Waals surface area contributed by atoms with Gasteiger partial charge in [0.25, 0.3) is 0 Å². The zero-order valence-corrected chi connectivity index (χ0v) is 9.70. The van der Waals surface area contributed by atoms with E-state index in [4.69, 9.17) is 4.74 Å². The van der Waals surface area contributed by atoms with Crippen molar-refractivity contribution in [2.75, 3.05) is 25.1 Å². The van der Waals surface area contributed by atoms with E-state index < -0.39 is 0 Å². The highest BCUT2D eigenvalue weighted by Gasteiger charge is 2.23. The summed E-state index contributed by atoms with van der Waals surface area (Å²) in [5.41, 5.74) is 0. The maximum absolute atomic E-state index is 5.27. The largest absolute Gasteiger partial charge is 0.493 e. The summed E-state index contributed by atoms with van der Waals surface area (Å²) in [5, 5.41) is 0. The molecule has 1 fully saturated rings. The molecule has 0 amide bonds. The lowest BCUT2D eigenvalue weighted by Crippen LogP contribution is -2.21. The number of ether oxygens (including phenoxy) is 1. The standard InChI is InChI=1S/C10H13BrN2O/c1-14-9-3-2-5-12-10(9)13-6-4-8(11)7-13/h2-3,5,8H,4,6-7H2,1H3. The van der Waals surface area contributed by atoms with Gasteiger partial charge in [0.05, 0.1) is 7.11 Å². The smallest absolute Gasteiger partial charge is 0.171 e. The molecule has 0 aromatic carbocycles. The van der Waals surface area contributed by atoms with Crippen LogP contribution < -0.4 is 9.64 Å². The van der Waals surface area contributed by atoms with Crippen molar-refractivity contribution in [3.8, 4) is 5.75 Å². The van der Waals surface area contributed by atoms with E-state index in [0.29, 0.717) is 4.83 Å². The second-order valence-corrected chi connectivity index (χ2v) is 4.66. The van der Waals surface area contributed by atoms with Gasteiger partial charge in [-0.25, -0.2) is 4.98 Å². The lowest BCUT2D eigenvalue weighted by Gasteiger charge is -2.18. The summed E-state index contributed by atoms with van der Waals surface area (Å²) in [5.74, 6) is 1.81. The lowest BCUT2D eigenvalue weighted by atomic mass is 10.4. The fourth-order valence-electron chi connectivity index (χ4n) is 1.69. The number of methoxy groups -OCH3 is 1. The number of pyridine rings is 1. The molecule has 4 heteroatoms. The van der Waals surface area contributed by atoms with Gasteiger partial charge in [0, 0.05) is 24.1 Å². The molecule has 2 heterocycles. The van der Waals surface area contributed by atoms with Crippen molar-refractivity contribution < 1.29 is 4.74 Å². The molecule has 0 N–H and O–H groups in total. The summed E-state index contributed by atoms with van der Waals surface area (Å²) >= 11 is 3.61. The summed E-state index contributed by atoms with van der Waals surface area (Å²) in [4.78, 5) is 7.17. The molecular weight excluding hydrogens is 244 g/mol. The molecule has 3 nitrogen and oxygen atoms in total. The van der Waals surface area contributed by atoms with Crippen molar-refractivity contribution in [1.82, 2.24) is 4.98 Å². The third-order valence-corrected chi connectivity index (χ3v) is 3.15. The molecular formula is C10H13BrN2O. The minimum absolute atomic E-state index is 0.578. The van der Waals surface area contributed by atoms with Gasteiger partial charge in [-0.05, 0) is 18.6 Å². The maximum Gasteiger partial charge on any atom is 0.171 e. The third-order valence-electron chi connectivity index (χ3n) is 2.40. The van der Waals surface area contributed by atoms with Crippen LogP contribution in [0.5, 0.6) is 5.75 Å². The van der Waals surface area contributed by atoms with Gasteiger partial charge in [0.2, 0.25) is 0 Å². The first-order valence-corrected chi connectivity index (χ1v) is 5.61. The molecule has 1 unspecified atom stereocenters. The molecule has 1 aliphatic heterocycles. The number of hydrogen-bond donors (Lipinski definition) is 0. The summed E-state index contributed by atoms with van der Waals surface area (Å²) < 4.78 is 5.27. The maximum atomic E-state index is 5.27. The average Bonchev–Trinajstić information content (AvgIpc) is 2.65. The van der Waals surface area contributed by atoms with Crippen molar-refractivity contribution in [3.63, 3.8) is 0 Å². The van der Waals surface area contributed by atoms with Crippen LogP contribution in [0.25, 0.3) is 0 Å². The monoisotopic (exact) mass is 256 g/mol. The molecule has 1 saturated heterocycles. The summed E-state index contributed by atoms with van der Waals surface area (Å²) in [6, 6.07) is 3.84. The summed E-state index contributed by atoms with van der Waals surface area (Å²) in [6.07, 6.45) is 2.97. The highest BCUT2D eigenvalue weighted by Crippen LogP contribution is 2.29. The van der Waals surface area contributed by atoms with E-state index in [2.05, 4.69) is 25.8 Å². The van der Waals surface area contributed by atoms with Gasteiger partial charge >= 0.3 is 0 Å². The van der Waals surface area contributed by atoms with Crippen LogP contribution in [0.1, 0.15) is 6.42 Å². The van der Waals surface area contributed by atoms with Crippen LogP contribution in [0.15, 0.2) is 18.3 Å². The van der Waals surface area contributed by atoms with Crippen LogP contribution >= 0.6 is 15.9 Å². The predicted octanol–water partition coefficient (Wildman–Crippen LogP) is 2.06. The molecule has 14 heavy (non-hydrogen) atoms. The molecule has 0 radical (unpaired) electrons. The van der Waals surface area contributed by atoms with E-state index >= 15 is 0 Å². The number of anilines is 1. The van der Waals surface area contributed by atoms with Crippen molar-refractivity contribution >= 4 is 21.7 Å². The Hall–Kier alpha value is -0.770. The molecule has 1 aliphatic rings. The predicted molar refractivity (Wildman–Crippen MR) is 60.3 cm³/mol. The zero-order chi connectivity index (χ0) is 9.97. The molecule has 76 valence electrons. The topological polar surface area (TPSA) is 25.4 Å². The van der Waals surface area contributed by atoms with Gasteiger partial charge in [0.1, 0.15) is 0 Å². The van der Waals surface area contributed by atoms with E-state index in [-0.39, 0.29) is 0 Å². The first kappa shape index (κ1) is 9.77. The number of alkyl halides is 1. The third kappa shape index (κ3) is 1.85. The quantitative estimate of drug-likeness (QED) is 0.758. The number of hydrogen-bond acceptors (Lipinski definition) is 3.